The summed E-state index contributed by atoms with van der Waals surface area (Å²) in [4.78, 5) is 0. The van der Waals surface area contributed by atoms with Gasteiger partial charge < -0.3 is 10.5 Å². The molecule has 0 bridgehead atoms. The van der Waals surface area contributed by atoms with Crippen LogP contribution in [0.1, 0.15) is 51.5 Å². The molecule has 0 heterocycles. The molecule has 0 amide bonds. The lowest BCUT2D eigenvalue weighted by atomic mass is 9.85. The van der Waals surface area contributed by atoms with E-state index in [1.165, 1.54) is 37.7 Å². The van der Waals surface area contributed by atoms with Crippen molar-refractivity contribution in [3.63, 3.8) is 0 Å². The van der Waals surface area contributed by atoms with Crippen molar-refractivity contribution in [3.8, 4) is 5.75 Å². The number of benzene rings is 1. The third kappa shape index (κ3) is 4.23. The SMILES string of the molecule is CCC1CCCCC1Oc1ccc(CC(C)N)cc1Br. The maximum atomic E-state index is 6.27. The molecule has 0 aromatic heterocycles. The van der Waals surface area contributed by atoms with Gasteiger partial charge in [0, 0.05) is 6.04 Å². The van der Waals surface area contributed by atoms with E-state index < -0.39 is 0 Å². The summed E-state index contributed by atoms with van der Waals surface area (Å²) in [5.74, 6) is 1.68. The lowest BCUT2D eigenvalue weighted by Crippen LogP contribution is -2.30. The van der Waals surface area contributed by atoms with Crippen LogP contribution in [0.5, 0.6) is 5.75 Å². The molecule has 0 radical (unpaired) electrons. The van der Waals surface area contributed by atoms with Crippen molar-refractivity contribution < 1.29 is 4.74 Å². The molecule has 2 nitrogen and oxygen atoms in total. The highest BCUT2D eigenvalue weighted by molar-refractivity contribution is 9.10. The summed E-state index contributed by atoms with van der Waals surface area (Å²) in [6.45, 7) is 4.30. The van der Waals surface area contributed by atoms with Crippen LogP contribution in [0.2, 0.25) is 0 Å². The van der Waals surface area contributed by atoms with Crippen molar-refractivity contribution >= 4 is 15.9 Å². The smallest absolute Gasteiger partial charge is 0.133 e. The summed E-state index contributed by atoms with van der Waals surface area (Å²) in [6, 6.07) is 6.55. The second kappa shape index (κ2) is 7.46. The van der Waals surface area contributed by atoms with E-state index in [1.54, 1.807) is 0 Å². The van der Waals surface area contributed by atoms with Gasteiger partial charge in [0.2, 0.25) is 0 Å². The van der Waals surface area contributed by atoms with E-state index in [1.807, 2.05) is 6.92 Å². The van der Waals surface area contributed by atoms with Crippen LogP contribution in [-0.4, -0.2) is 12.1 Å². The van der Waals surface area contributed by atoms with Crippen LogP contribution in [-0.2, 0) is 6.42 Å². The fourth-order valence-electron chi connectivity index (χ4n) is 3.10. The normalized spacial score (nSPS) is 24.4. The van der Waals surface area contributed by atoms with Crippen LogP contribution < -0.4 is 10.5 Å². The molecule has 1 saturated carbocycles. The van der Waals surface area contributed by atoms with Crippen LogP contribution in [0.15, 0.2) is 22.7 Å². The van der Waals surface area contributed by atoms with Gasteiger partial charge in [-0.1, -0.05) is 19.4 Å². The molecule has 0 aliphatic heterocycles. The number of hydrogen-bond acceptors (Lipinski definition) is 2. The average Bonchev–Trinajstić information content (AvgIpc) is 2.42. The Hall–Kier alpha value is -0.540. The van der Waals surface area contributed by atoms with Gasteiger partial charge in [0.05, 0.1) is 4.47 Å². The fourth-order valence-corrected chi connectivity index (χ4v) is 3.62. The minimum absolute atomic E-state index is 0.191. The molecule has 0 spiro atoms. The molecular weight excluding hydrogens is 314 g/mol. The summed E-state index contributed by atoms with van der Waals surface area (Å²) in [5, 5.41) is 0. The first-order valence-electron chi connectivity index (χ1n) is 7.80. The van der Waals surface area contributed by atoms with Gasteiger partial charge >= 0.3 is 0 Å². The van der Waals surface area contributed by atoms with Gasteiger partial charge in [-0.2, -0.15) is 0 Å². The number of ether oxygens (including phenoxy) is 1. The third-order valence-electron chi connectivity index (χ3n) is 4.20. The Morgan fingerprint density at radius 2 is 2.10 bits per heavy atom. The minimum atomic E-state index is 0.191. The van der Waals surface area contributed by atoms with Crippen LogP contribution in [0.3, 0.4) is 0 Å². The van der Waals surface area contributed by atoms with Crippen molar-refractivity contribution in [2.45, 2.75) is 64.5 Å². The maximum absolute atomic E-state index is 6.27. The van der Waals surface area contributed by atoms with Gasteiger partial charge in [-0.05, 0) is 78.6 Å². The van der Waals surface area contributed by atoms with E-state index in [-0.39, 0.29) is 6.04 Å². The zero-order chi connectivity index (χ0) is 14.5. The van der Waals surface area contributed by atoms with Gasteiger partial charge in [0.1, 0.15) is 11.9 Å². The zero-order valence-corrected chi connectivity index (χ0v) is 14.2. The first-order valence-corrected chi connectivity index (χ1v) is 8.60. The van der Waals surface area contributed by atoms with Gasteiger partial charge in [-0.15, -0.1) is 0 Å². The predicted octanol–water partition coefficient (Wildman–Crippen LogP) is 4.69. The van der Waals surface area contributed by atoms with Gasteiger partial charge in [0.25, 0.3) is 0 Å². The highest BCUT2D eigenvalue weighted by atomic mass is 79.9. The standard InChI is InChI=1S/C17H26BrNO/c1-3-14-6-4-5-7-16(14)20-17-9-8-13(10-12(2)19)11-15(17)18/h8-9,11-12,14,16H,3-7,10,19H2,1-2H3. The summed E-state index contributed by atoms with van der Waals surface area (Å²) >= 11 is 3.64. The third-order valence-corrected chi connectivity index (χ3v) is 4.82. The Morgan fingerprint density at radius 1 is 1.35 bits per heavy atom. The van der Waals surface area contributed by atoms with Crippen molar-refractivity contribution in [1.82, 2.24) is 0 Å². The van der Waals surface area contributed by atoms with Gasteiger partial charge in [-0.25, -0.2) is 0 Å². The molecule has 1 fully saturated rings. The van der Waals surface area contributed by atoms with E-state index in [2.05, 4.69) is 41.1 Å². The van der Waals surface area contributed by atoms with Crippen molar-refractivity contribution in [2.75, 3.05) is 0 Å². The molecule has 2 rings (SSSR count). The largest absolute Gasteiger partial charge is 0.489 e. The molecule has 3 unspecified atom stereocenters. The molecule has 112 valence electrons. The minimum Gasteiger partial charge on any atom is -0.489 e. The first-order chi connectivity index (χ1) is 9.60. The average molecular weight is 340 g/mol. The van der Waals surface area contributed by atoms with Crippen LogP contribution in [0.25, 0.3) is 0 Å². The lowest BCUT2D eigenvalue weighted by Gasteiger charge is -2.31. The molecule has 2 N–H and O–H groups in total. The Bertz CT molecular complexity index is 433. The Kier molecular flexibility index (Phi) is 5.91. The van der Waals surface area contributed by atoms with Crippen LogP contribution >= 0.6 is 15.9 Å². The highest BCUT2D eigenvalue weighted by Crippen LogP contribution is 2.34. The fraction of sp³-hybridized carbons (Fsp3) is 0.647. The van der Waals surface area contributed by atoms with Crippen molar-refractivity contribution in [2.24, 2.45) is 11.7 Å². The molecule has 1 aliphatic carbocycles. The molecule has 1 aromatic rings. The Labute approximate surface area is 131 Å². The second-order valence-electron chi connectivity index (χ2n) is 6.06. The number of hydrogen-bond donors (Lipinski definition) is 1. The zero-order valence-electron chi connectivity index (χ0n) is 12.6. The predicted molar refractivity (Wildman–Crippen MR) is 88.2 cm³/mol. The Balaban J connectivity index is 2.05. The monoisotopic (exact) mass is 339 g/mol. The van der Waals surface area contributed by atoms with Crippen molar-refractivity contribution in [1.29, 1.82) is 0 Å². The van der Waals surface area contributed by atoms with E-state index in [0.29, 0.717) is 12.0 Å². The summed E-state index contributed by atoms with van der Waals surface area (Å²) in [6.07, 6.45) is 7.64. The molecule has 0 saturated heterocycles. The maximum Gasteiger partial charge on any atom is 0.133 e. The van der Waals surface area contributed by atoms with E-state index >= 15 is 0 Å². The van der Waals surface area contributed by atoms with Gasteiger partial charge in [-0.3, -0.25) is 0 Å². The first kappa shape index (κ1) is 15.8. The topological polar surface area (TPSA) is 35.2 Å². The summed E-state index contributed by atoms with van der Waals surface area (Å²) in [7, 11) is 0. The quantitative estimate of drug-likeness (QED) is 0.844. The molecule has 3 heteroatoms. The van der Waals surface area contributed by atoms with E-state index in [4.69, 9.17) is 10.5 Å². The summed E-state index contributed by atoms with van der Waals surface area (Å²) < 4.78 is 7.32. The molecule has 20 heavy (non-hydrogen) atoms. The van der Waals surface area contributed by atoms with E-state index in [9.17, 15) is 0 Å². The van der Waals surface area contributed by atoms with Crippen LogP contribution in [0, 0.1) is 5.92 Å². The molecular formula is C17H26BrNO. The number of rotatable bonds is 5. The highest BCUT2D eigenvalue weighted by Gasteiger charge is 2.25. The molecule has 1 aliphatic rings. The van der Waals surface area contributed by atoms with Gasteiger partial charge in [0.15, 0.2) is 0 Å². The Morgan fingerprint density at radius 3 is 2.75 bits per heavy atom. The summed E-state index contributed by atoms with van der Waals surface area (Å²) in [5.41, 5.74) is 7.11. The van der Waals surface area contributed by atoms with E-state index in [0.717, 1.165) is 16.6 Å². The number of nitrogens with two attached hydrogens (primary N) is 1. The van der Waals surface area contributed by atoms with Crippen molar-refractivity contribution in [3.05, 3.63) is 28.2 Å². The number of halogens is 1. The lowest BCUT2D eigenvalue weighted by molar-refractivity contribution is 0.0896. The molecule has 1 aromatic carbocycles. The molecule has 3 atom stereocenters. The van der Waals surface area contributed by atoms with Crippen LogP contribution in [0.4, 0.5) is 0 Å². The second-order valence-corrected chi connectivity index (χ2v) is 6.91.